The maximum atomic E-state index is 11.3. The van der Waals surface area contributed by atoms with Gasteiger partial charge in [-0.1, -0.05) is 0 Å². The number of nitrogens with zero attached hydrogens (tertiary/aromatic N) is 3. The fourth-order valence-corrected chi connectivity index (χ4v) is 1.22. The average Bonchev–Trinajstić information content (AvgIpc) is 2.07. The highest BCUT2D eigenvalue weighted by Gasteiger charge is 2.13. The Morgan fingerprint density at radius 1 is 1.43 bits per heavy atom. The summed E-state index contributed by atoms with van der Waals surface area (Å²) in [6.45, 7) is 0. The number of nitrogens with two attached hydrogens (primary N) is 1. The molecule has 2 aliphatic rings. The van der Waals surface area contributed by atoms with Crippen molar-refractivity contribution in [2.45, 2.75) is 0 Å². The van der Waals surface area contributed by atoms with Crippen molar-refractivity contribution in [2.24, 2.45) is 7.05 Å². The molecule has 2 rings (SSSR count). The summed E-state index contributed by atoms with van der Waals surface area (Å²) >= 11 is 0. The first kappa shape index (κ1) is 8.42. The lowest BCUT2D eigenvalue weighted by Gasteiger charge is -2.07. The monoisotopic (exact) mass is 193 g/mol. The molecule has 0 aromatic heterocycles. The van der Waals surface area contributed by atoms with Gasteiger partial charge in [-0.2, -0.15) is 9.97 Å². The van der Waals surface area contributed by atoms with Crippen LogP contribution in [0.2, 0.25) is 0 Å². The summed E-state index contributed by atoms with van der Waals surface area (Å²) in [6, 6.07) is 1.15. The fourth-order valence-electron chi connectivity index (χ4n) is 1.22. The molecule has 0 bridgehead atoms. The van der Waals surface area contributed by atoms with Gasteiger partial charge in [0.25, 0.3) is 11.1 Å². The van der Waals surface area contributed by atoms with Gasteiger partial charge in [-0.3, -0.25) is 19.4 Å². The molecule has 14 heavy (non-hydrogen) atoms. The quantitative estimate of drug-likeness (QED) is 0.532. The molecule has 2 aliphatic heterocycles. The standard InChI is InChI=1S/C7H7N5O2/c1-12-5-3(2-4(13)11-12)6(14)10-7(8)9-5/h2H,1H3,(H,11,13)(H2,8,10,14). The van der Waals surface area contributed by atoms with Crippen molar-refractivity contribution in [1.82, 2.24) is 19.7 Å². The van der Waals surface area contributed by atoms with Gasteiger partial charge in [-0.25, -0.2) is 0 Å². The van der Waals surface area contributed by atoms with E-state index >= 15 is 0 Å². The van der Waals surface area contributed by atoms with Gasteiger partial charge >= 0.3 is 0 Å². The van der Waals surface area contributed by atoms with Crippen molar-refractivity contribution in [3.8, 4) is 11.4 Å². The summed E-state index contributed by atoms with van der Waals surface area (Å²) in [7, 11) is 1.57. The lowest BCUT2D eigenvalue weighted by molar-refractivity contribution is 0.710. The number of hydrogen-bond acceptors (Lipinski definition) is 5. The number of aromatic amines is 1. The third-order valence-corrected chi connectivity index (χ3v) is 1.78. The van der Waals surface area contributed by atoms with Crippen molar-refractivity contribution in [3.63, 3.8) is 0 Å². The smallest absolute Gasteiger partial charge is 0.284 e. The zero-order valence-electron chi connectivity index (χ0n) is 7.31. The van der Waals surface area contributed by atoms with Crippen molar-refractivity contribution >= 4 is 5.95 Å². The van der Waals surface area contributed by atoms with Crippen LogP contribution in [0.4, 0.5) is 5.95 Å². The van der Waals surface area contributed by atoms with Gasteiger partial charge in [0.15, 0.2) is 5.82 Å². The number of nitrogens with one attached hydrogen (secondary N) is 1. The molecule has 0 amide bonds. The van der Waals surface area contributed by atoms with Gasteiger partial charge in [-0.15, -0.1) is 0 Å². The molecule has 0 aromatic carbocycles. The Morgan fingerprint density at radius 2 is 2.14 bits per heavy atom. The summed E-state index contributed by atoms with van der Waals surface area (Å²) in [6.07, 6.45) is 0. The van der Waals surface area contributed by atoms with Gasteiger partial charge in [-0.05, 0) is 0 Å². The van der Waals surface area contributed by atoms with Crippen LogP contribution >= 0.6 is 0 Å². The van der Waals surface area contributed by atoms with E-state index in [1.54, 1.807) is 7.05 Å². The third kappa shape index (κ3) is 1.15. The Kier molecular flexibility index (Phi) is 1.60. The Bertz CT molecular complexity index is 569. The summed E-state index contributed by atoms with van der Waals surface area (Å²) in [4.78, 5) is 29.6. The molecule has 0 aliphatic carbocycles. The Hall–Kier alpha value is -2.18. The van der Waals surface area contributed by atoms with Crippen LogP contribution in [-0.4, -0.2) is 19.7 Å². The molecular weight excluding hydrogens is 186 g/mol. The van der Waals surface area contributed by atoms with Crippen molar-refractivity contribution in [1.29, 1.82) is 0 Å². The number of rotatable bonds is 0. The van der Waals surface area contributed by atoms with Crippen LogP contribution in [-0.2, 0) is 7.05 Å². The van der Waals surface area contributed by atoms with Crippen LogP contribution in [0.1, 0.15) is 0 Å². The number of H-pyrrole nitrogens is 1. The predicted octanol–water partition coefficient (Wildman–Crippen LogP) is -1.45. The number of aryl methyl sites for hydroxylation is 1. The summed E-state index contributed by atoms with van der Waals surface area (Å²) in [5.74, 6) is 0.201. The molecule has 7 nitrogen and oxygen atoms in total. The number of anilines is 1. The highest BCUT2D eigenvalue weighted by atomic mass is 16.1. The molecule has 0 saturated carbocycles. The largest absolute Gasteiger partial charge is 0.368 e. The van der Waals surface area contributed by atoms with E-state index < -0.39 is 5.56 Å². The molecule has 0 spiro atoms. The average molecular weight is 193 g/mol. The van der Waals surface area contributed by atoms with Crippen molar-refractivity contribution < 1.29 is 0 Å². The number of nitrogen functional groups attached to an aromatic ring is 1. The first-order chi connectivity index (χ1) is 6.58. The Labute approximate surface area is 77.6 Å². The number of fused-ring (bicyclic) bond motifs is 1. The third-order valence-electron chi connectivity index (χ3n) is 1.78. The van der Waals surface area contributed by atoms with Crippen molar-refractivity contribution in [3.05, 3.63) is 26.8 Å². The molecule has 2 heterocycles. The second-order valence-electron chi connectivity index (χ2n) is 2.80. The van der Waals surface area contributed by atoms with Crippen LogP contribution in [0.3, 0.4) is 0 Å². The molecule has 0 unspecified atom stereocenters. The highest BCUT2D eigenvalue weighted by Crippen LogP contribution is 2.09. The van der Waals surface area contributed by atoms with Gasteiger partial charge in [0.05, 0.1) is 5.56 Å². The van der Waals surface area contributed by atoms with E-state index in [2.05, 4.69) is 15.1 Å². The minimum atomic E-state index is -0.547. The molecule has 0 atom stereocenters. The van der Waals surface area contributed by atoms with E-state index in [4.69, 9.17) is 5.73 Å². The summed E-state index contributed by atoms with van der Waals surface area (Å²) in [5.41, 5.74) is 4.53. The fraction of sp³-hybridized carbons (Fsp3) is 0.143. The molecular formula is C7H7N5O2. The van der Waals surface area contributed by atoms with Gasteiger partial charge < -0.3 is 5.73 Å². The summed E-state index contributed by atoms with van der Waals surface area (Å²) < 4.78 is 1.33. The molecule has 0 fully saturated rings. The van der Waals surface area contributed by atoms with E-state index in [0.29, 0.717) is 5.82 Å². The van der Waals surface area contributed by atoms with Gasteiger partial charge in [0, 0.05) is 13.1 Å². The minimum absolute atomic E-state index is 0.106. The highest BCUT2D eigenvalue weighted by molar-refractivity contribution is 5.55. The molecule has 7 heteroatoms. The van der Waals surface area contributed by atoms with Gasteiger partial charge in [0.2, 0.25) is 5.95 Å². The molecule has 72 valence electrons. The normalized spacial score (nSPS) is 10.6. The number of aromatic nitrogens is 4. The van der Waals surface area contributed by atoms with Crippen LogP contribution in [0, 0.1) is 0 Å². The zero-order chi connectivity index (χ0) is 10.3. The lowest BCUT2D eigenvalue weighted by Crippen LogP contribution is -2.24. The van der Waals surface area contributed by atoms with E-state index in [9.17, 15) is 9.59 Å². The van der Waals surface area contributed by atoms with Crippen LogP contribution in [0.25, 0.3) is 11.4 Å². The lowest BCUT2D eigenvalue weighted by atomic mass is 10.3. The van der Waals surface area contributed by atoms with Gasteiger partial charge in [0.1, 0.15) is 0 Å². The second-order valence-corrected chi connectivity index (χ2v) is 2.80. The predicted molar refractivity (Wildman–Crippen MR) is 48.9 cm³/mol. The van der Waals surface area contributed by atoms with Crippen LogP contribution in [0.5, 0.6) is 0 Å². The first-order valence-corrected chi connectivity index (χ1v) is 3.81. The Morgan fingerprint density at radius 3 is 2.86 bits per heavy atom. The Balaban J connectivity index is 3.00. The maximum Gasteiger partial charge on any atom is 0.284 e. The second kappa shape index (κ2) is 2.66. The first-order valence-electron chi connectivity index (χ1n) is 3.81. The molecule has 0 radical (unpaired) electrons. The van der Waals surface area contributed by atoms with Crippen LogP contribution < -0.4 is 16.9 Å². The van der Waals surface area contributed by atoms with Crippen molar-refractivity contribution in [2.75, 3.05) is 5.73 Å². The van der Waals surface area contributed by atoms with E-state index in [1.165, 1.54) is 4.68 Å². The number of hydrogen-bond donors (Lipinski definition) is 2. The van der Waals surface area contributed by atoms with E-state index in [-0.39, 0.29) is 17.1 Å². The molecule has 0 saturated heterocycles. The zero-order valence-corrected chi connectivity index (χ0v) is 7.31. The molecule has 0 aromatic rings. The molecule has 3 N–H and O–H groups in total. The summed E-state index contributed by atoms with van der Waals surface area (Å²) in [5, 5.41) is 2.44. The van der Waals surface area contributed by atoms with Crippen LogP contribution in [0.15, 0.2) is 15.7 Å². The maximum absolute atomic E-state index is 11.3. The van der Waals surface area contributed by atoms with E-state index in [1.807, 2.05) is 0 Å². The minimum Gasteiger partial charge on any atom is -0.368 e. The van der Waals surface area contributed by atoms with E-state index in [0.717, 1.165) is 6.07 Å². The topological polar surface area (TPSA) is 107 Å². The SMILES string of the molecule is Cn1[nH]c(=O)cc2c(=O)nc(N)nc1-2.